The largest absolute Gasteiger partial charge is 0.319 e. The molecule has 0 spiro atoms. The lowest BCUT2D eigenvalue weighted by Crippen LogP contribution is -2.21. The molecule has 0 aliphatic rings. The van der Waals surface area contributed by atoms with Crippen molar-refractivity contribution < 1.29 is 17.6 Å². The number of halogens is 1. The van der Waals surface area contributed by atoms with E-state index in [0.717, 1.165) is 0 Å². The second-order valence-corrected chi connectivity index (χ2v) is 6.91. The van der Waals surface area contributed by atoms with Gasteiger partial charge in [0, 0.05) is 5.56 Å². The van der Waals surface area contributed by atoms with Gasteiger partial charge in [0.1, 0.15) is 5.82 Å². The minimum atomic E-state index is -3.69. The summed E-state index contributed by atoms with van der Waals surface area (Å²) in [5.41, 5.74) is 1.39. The molecule has 0 atom stereocenters. The second kappa shape index (κ2) is 6.47. The van der Waals surface area contributed by atoms with Crippen LogP contribution in [0.25, 0.3) is 0 Å². The van der Waals surface area contributed by atoms with Gasteiger partial charge in [-0.05, 0) is 56.3 Å². The van der Waals surface area contributed by atoms with E-state index in [-0.39, 0.29) is 16.1 Å². The number of amides is 1. The van der Waals surface area contributed by atoms with Crippen LogP contribution in [0.3, 0.4) is 0 Å². The summed E-state index contributed by atoms with van der Waals surface area (Å²) in [6.07, 6.45) is 0. The van der Waals surface area contributed by atoms with Crippen molar-refractivity contribution >= 4 is 21.6 Å². The first-order chi connectivity index (χ1) is 10.8. The van der Waals surface area contributed by atoms with Crippen molar-refractivity contribution in [2.45, 2.75) is 18.7 Å². The van der Waals surface area contributed by atoms with Gasteiger partial charge in [0.2, 0.25) is 10.0 Å². The average molecular weight is 336 g/mol. The molecule has 2 N–H and O–H groups in total. The van der Waals surface area contributed by atoms with Gasteiger partial charge in [0.15, 0.2) is 0 Å². The number of para-hydroxylation sites is 1. The van der Waals surface area contributed by atoms with E-state index in [1.54, 1.807) is 26.0 Å². The quantitative estimate of drug-likeness (QED) is 0.901. The van der Waals surface area contributed by atoms with E-state index in [1.165, 1.54) is 31.3 Å². The van der Waals surface area contributed by atoms with Crippen molar-refractivity contribution in [3.05, 3.63) is 58.9 Å². The first kappa shape index (κ1) is 17.1. The van der Waals surface area contributed by atoms with Crippen LogP contribution >= 0.6 is 0 Å². The van der Waals surface area contributed by atoms with Crippen LogP contribution in [0.4, 0.5) is 10.1 Å². The van der Waals surface area contributed by atoms with Gasteiger partial charge in [-0.3, -0.25) is 4.79 Å². The molecule has 122 valence electrons. The fraction of sp³-hybridized carbons (Fsp3) is 0.188. The van der Waals surface area contributed by atoms with Gasteiger partial charge in [0.05, 0.1) is 10.6 Å². The topological polar surface area (TPSA) is 75.3 Å². The van der Waals surface area contributed by atoms with E-state index in [2.05, 4.69) is 10.0 Å². The lowest BCUT2D eigenvalue weighted by molar-refractivity contribution is 0.102. The third-order valence-corrected chi connectivity index (χ3v) is 5.10. The third-order valence-electron chi connectivity index (χ3n) is 3.56. The molecule has 0 heterocycles. The van der Waals surface area contributed by atoms with Crippen molar-refractivity contribution in [1.82, 2.24) is 4.72 Å². The number of carbonyl (C=O) groups is 1. The van der Waals surface area contributed by atoms with Crippen molar-refractivity contribution in [1.29, 1.82) is 0 Å². The smallest absolute Gasteiger partial charge is 0.255 e. The van der Waals surface area contributed by atoms with E-state index in [9.17, 15) is 17.6 Å². The van der Waals surface area contributed by atoms with E-state index in [0.29, 0.717) is 11.1 Å². The molecule has 7 heteroatoms. The third kappa shape index (κ3) is 3.57. The Hall–Kier alpha value is -2.25. The highest BCUT2D eigenvalue weighted by Gasteiger charge is 2.19. The number of sulfonamides is 1. The van der Waals surface area contributed by atoms with Crippen LogP contribution < -0.4 is 10.0 Å². The van der Waals surface area contributed by atoms with Crippen LogP contribution in [0.5, 0.6) is 0 Å². The highest BCUT2D eigenvalue weighted by molar-refractivity contribution is 7.89. The Morgan fingerprint density at radius 1 is 1.13 bits per heavy atom. The van der Waals surface area contributed by atoms with Gasteiger partial charge in [-0.25, -0.2) is 17.5 Å². The maximum Gasteiger partial charge on any atom is 0.255 e. The van der Waals surface area contributed by atoms with Crippen molar-refractivity contribution in [2.24, 2.45) is 0 Å². The van der Waals surface area contributed by atoms with Crippen LogP contribution in [0.15, 0.2) is 41.3 Å². The van der Waals surface area contributed by atoms with Crippen molar-refractivity contribution in [3.63, 3.8) is 0 Å². The average Bonchev–Trinajstić information content (AvgIpc) is 2.51. The van der Waals surface area contributed by atoms with Gasteiger partial charge in [-0.2, -0.15) is 0 Å². The molecule has 0 unspecified atom stereocenters. The monoisotopic (exact) mass is 336 g/mol. The number of aryl methyl sites for hydroxylation is 1. The van der Waals surface area contributed by atoms with Gasteiger partial charge >= 0.3 is 0 Å². The number of anilines is 1. The molecule has 0 saturated heterocycles. The Bertz CT molecular complexity index is 864. The molecular weight excluding hydrogens is 319 g/mol. The number of rotatable bonds is 4. The van der Waals surface area contributed by atoms with Gasteiger partial charge in [-0.15, -0.1) is 0 Å². The summed E-state index contributed by atoms with van der Waals surface area (Å²) in [4.78, 5) is 12.3. The summed E-state index contributed by atoms with van der Waals surface area (Å²) >= 11 is 0. The minimum Gasteiger partial charge on any atom is -0.319 e. The molecule has 2 aromatic rings. The zero-order valence-corrected chi connectivity index (χ0v) is 13.8. The summed E-state index contributed by atoms with van der Waals surface area (Å²) in [6, 6.07) is 8.62. The summed E-state index contributed by atoms with van der Waals surface area (Å²) < 4.78 is 40.0. The number of hydrogen-bond acceptors (Lipinski definition) is 3. The van der Waals surface area contributed by atoms with Crippen LogP contribution in [-0.2, 0) is 10.0 Å². The molecule has 0 aromatic heterocycles. The van der Waals surface area contributed by atoms with Crippen LogP contribution in [-0.4, -0.2) is 21.4 Å². The molecule has 23 heavy (non-hydrogen) atoms. The number of hydrogen-bond donors (Lipinski definition) is 2. The molecular formula is C16H17FN2O3S. The van der Waals surface area contributed by atoms with E-state index in [4.69, 9.17) is 0 Å². The molecule has 2 rings (SSSR count). The number of benzene rings is 2. The van der Waals surface area contributed by atoms with Crippen molar-refractivity contribution in [3.8, 4) is 0 Å². The fourth-order valence-corrected chi connectivity index (χ4v) is 3.17. The van der Waals surface area contributed by atoms with Gasteiger partial charge < -0.3 is 5.32 Å². The SMILES string of the molecule is CNS(=O)(=O)c1cc(C(=O)Nc2ccccc2F)cc(C)c1C. The summed E-state index contributed by atoms with van der Waals surface area (Å²) in [5.74, 6) is -1.14. The minimum absolute atomic E-state index is 0.0266. The normalized spacial score (nSPS) is 11.3. The van der Waals surface area contributed by atoms with E-state index < -0.39 is 21.7 Å². The molecule has 0 saturated carbocycles. The van der Waals surface area contributed by atoms with Crippen LogP contribution in [0.1, 0.15) is 21.5 Å². The summed E-state index contributed by atoms with van der Waals surface area (Å²) in [7, 11) is -2.39. The predicted octanol–water partition coefficient (Wildman–Crippen LogP) is 2.60. The standard InChI is InChI=1S/C16H17FN2O3S/c1-10-8-12(9-15(11(10)2)23(21,22)18-3)16(20)19-14-7-5-4-6-13(14)17/h4-9,18H,1-3H3,(H,19,20). The zero-order valence-electron chi connectivity index (χ0n) is 13.0. The van der Waals surface area contributed by atoms with Crippen molar-refractivity contribution in [2.75, 3.05) is 12.4 Å². The van der Waals surface area contributed by atoms with Gasteiger partial charge in [0.25, 0.3) is 5.91 Å². The highest BCUT2D eigenvalue weighted by atomic mass is 32.2. The predicted molar refractivity (Wildman–Crippen MR) is 86.5 cm³/mol. The van der Waals surface area contributed by atoms with E-state index >= 15 is 0 Å². The van der Waals surface area contributed by atoms with Crippen LogP contribution in [0.2, 0.25) is 0 Å². The molecule has 0 radical (unpaired) electrons. The lowest BCUT2D eigenvalue weighted by atomic mass is 10.1. The molecule has 0 bridgehead atoms. The number of carbonyl (C=O) groups excluding carboxylic acids is 1. The maximum atomic E-state index is 13.6. The molecule has 0 fully saturated rings. The summed E-state index contributed by atoms with van der Waals surface area (Å²) in [6.45, 7) is 3.38. The Morgan fingerprint density at radius 2 is 1.78 bits per heavy atom. The number of nitrogens with one attached hydrogen (secondary N) is 2. The lowest BCUT2D eigenvalue weighted by Gasteiger charge is -2.12. The molecule has 1 amide bonds. The maximum absolute atomic E-state index is 13.6. The first-order valence-corrected chi connectivity index (χ1v) is 8.35. The Labute approximate surface area is 134 Å². The Morgan fingerprint density at radius 3 is 2.39 bits per heavy atom. The molecule has 0 aliphatic carbocycles. The van der Waals surface area contributed by atoms with E-state index in [1.807, 2.05) is 0 Å². The molecule has 2 aromatic carbocycles. The first-order valence-electron chi connectivity index (χ1n) is 6.87. The van der Waals surface area contributed by atoms with Crippen LogP contribution in [0, 0.1) is 19.7 Å². The Kier molecular flexibility index (Phi) is 4.82. The van der Waals surface area contributed by atoms with Gasteiger partial charge in [-0.1, -0.05) is 12.1 Å². The zero-order chi connectivity index (χ0) is 17.2. The fourth-order valence-electron chi connectivity index (χ4n) is 2.10. The second-order valence-electron chi connectivity index (χ2n) is 5.06. The molecule has 0 aliphatic heterocycles. The molecule has 5 nitrogen and oxygen atoms in total. The highest BCUT2D eigenvalue weighted by Crippen LogP contribution is 2.22. The Balaban J connectivity index is 2.44. The summed E-state index contributed by atoms with van der Waals surface area (Å²) in [5, 5.41) is 2.44.